The van der Waals surface area contributed by atoms with Crippen molar-refractivity contribution in [2.24, 2.45) is 0 Å². The van der Waals surface area contributed by atoms with Crippen LogP contribution in [0, 0.1) is 13.8 Å². The summed E-state index contributed by atoms with van der Waals surface area (Å²) in [6.07, 6.45) is 0. The Balaban J connectivity index is 1.87. The molecule has 0 atom stereocenters. The van der Waals surface area contributed by atoms with Crippen molar-refractivity contribution in [3.63, 3.8) is 0 Å². The lowest BCUT2D eigenvalue weighted by molar-refractivity contribution is 0.0951. The van der Waals surface area contributed by atoms with Gasteiger partial charge in [0.25, 0.3) is 5.91 Å². The number of nitrogens with one attached hydrogen (secondary N) is 1. The highest BCUT2D eigenvalue weighted by molar-refractivity contribution is 5.95. The van der Waals surface area contributed by atoms with Crippen LogP contribution in [0.2, 0.25) is 0 Å². The third-order valence-corrected chi connectivity index (χ3v) is 2.54. The molecule has 0 spiro atoms. The van der Waals surface area contributed by atoms with Gasteiger partial charge in [-0.2, -0.15) is 4.80 Å². The van der Waals surface area contributed by atoms with Crippen LogP contribution in [0.15, 0.2) is 24.3 Å². The number of tetrazole rings is 1. The molecule has 0 aliphatic heterocycles. The summed E-state index contributed by atoms with van der Waals surface area (Å²) in [5.74, 6) is 0.546. The predicted octanol–water partition coefficient (Wildman–Crippen LogP) is 0.720. The van der Waals surface area contributed by atoms with Crippen molar-refractivity contribution in [1.29, 1.82) is 0 Å². The third kappa shape index (κ3) is 2.91. The van der Waals surface area contributed by atoms with Gasteiger partial charge in [0, 0.05) is 12.1 Å². The van der Waals surface area contributed by atoms with E-state index in [1.807, 2.05) is 31.2 Å². The molecule has 1 amide bonds. The number of carbonyl (C=O) groups is 1. The SMILES string of the molecule is Cc1nnn(CCNC(=O)c2ccccc2C)n1. The number of nitrogens with zero attached hydrogens (tertiary/aromatic N) is 4. The van der Waals surface area contributed by atoms with Gasteiger partial charge >= 0.3 is 0 Å². The molecule has 1 N–H and O–H groups in total. The van der Waals surface area contributed by atoms with Crippen LogP contribution in [-0.2, 0) is 6.54 Å². The van der Waals surface area contributed by atoms with Gasteiger partial charge in [0.05, 0.1) is 6.54 Å². The van der Waals surface area contributed by atoms with E-state index in [1.54, 1.807) is 6.92 Å². The second-order valence-electron chi connectivity index (χ2n) is 4.00. The summed E-state index contributed by atoms with van der Waals surface area (Å²) in [4.78, 5) is 13.3. The van der Waals surface area contributed by atoms with Crippen molar-refractivity contribution in [3.05, 3.63) is 41.2 Å². The molecule has 2 aromatic rings. The lowest BCUT2D eigenvalue weighted by Gasteiger charge is -2.06. The highest BCUT2D eigenvalue weighted by Crippen LogP contribution is 2.06. The first-order chi connectivity index (χ1) is 8.66. The van der Waals surface area contributed by atoms with E-state index in [2.05, 4.69) is 20.7 Å². The molecule has 6 heteroatoms. The number of aryl methyl sites for hydroxylation is 2. The molecule has 0 fully saturated rings. The molecule has 1 heterocycles. The van der Waals surface area contributed by atoms with E-state index < -0.39 is 0 Å². The molecule has 0 saturated carbocycles. The van der Waals surface area contributed by atoms with Crippen LogP contribution in [0.1, 0.15) is 21.7 Å². The summed E-state index contributed by atoms with van der Waals surface area (Å²) in [5, 5.41) is 14.5. The minimum atomic E-state index is -0.0788. The first kappa shape index (κ1) is 12.2. The Kier molecular flexibility index (Phi) is 3.66. The molecule has 6 nitrogen and oxygen atoms in total. The fourth-order valence-electron chi connectivity index (χ4n) is 1.61. The molecule has 0 bridgehead atoms. The number of hydrogen-bond acceptors (Lipinski definition) is 4. The zero-order valence-electron chi connectivity index (χ0n) is 10.4. The Morgan fingerprint density at radius 2 is 2.11 bits per heavy atom. The zero-order chi connectivity index (χ0) is 13.0. The summed E-state index contributed by atoms with van der Waals surface area (Å²) >= 11 is 0. The Labute approximate surface area is 105 Å². The lowest BCUT2D eigenvalue weighted by Crippen LogP contribution is -2.28. The number of rotatable bonds is 4. The topological polar surface area (TPSA) is 72.7 Å². The standard InChI is InChI=1S/C12H15N5O/c1-9-5-3-4-6-11(9)12(18)13-7-8-17-15-10(2)14-16-17/h3-6H,7-8H2,1-2H3,(H,13,18). The van der Waals surface area contributed by atoms with Crippen LogP contribution < -0.4 is 5.32 Å². The van der Waals surface area contributed by atoms with Crippen molar-refractivity contribution in [3.8, 4) is 0 Å². The van der Waals surface area contributed by atoms with E-state index in [0.29, 0.717) is 24.5 Å². The van der Waals surface area contributed by atoms with Gasteiger partial charge in [-0.25, -0.2) is 0 Å². The van der Waals surface area contributed by atoms with Crippen LogP contribution in [-0.4, -0.2) is 32.7 Å². The van der Waals surface area contributed by atoms with Crippen molar-refractivity contribution >= 4 is 5.91 Å². The largest absolute Gasteiger partial charge is 0.350 e. The number of benzene rings is 1. The smallest absolute Gasteiger partial charge is 0.251 e. The third-order valence-electron chi connectivity index (χ3n) is 2.54. The molecule has 94 valence electrons. The maximum absolute atomic E-state index is 11.9. The quantitative estimate of drug-likeness (QED) is 0.861. The molecule has 0 aliphatic carbocycles. The van der Waals surface area contributed by atoms with Gasteiger partial charge in [-0.15, -0.1) is 10.2 Å². The molecular weight excluding hydrogens is 230 g/mol. The summed E-state index contributed by atoms with van der Waals surface area (Å²) in [7, 11) is 0. The number of amides is 1. The molecule has 1 aromatic carbocycles. The Hall–Kier alpha value is -2.24. The average Bonchev–Trinajstić information content (AvgIpc) is 2.75. The van der Waals surface area contributed by atoms with E-state index in [9.17, 15) is 4.79 Å². The van der Waals surface area contributed by atoms with Crippen LogP contribution in [0.4, 0.5) is 0 Å². The van der Waals surface area contributed by atoms with Crippen molar-refractivity contribution in [2.45, 2.75) is 20.4 Å². The Morgan fingerprint density at radius 1 is 1.33 bits per heavy atom. The zero-order valence-corrected chi connectivity index (χ0v) is 10.4. The maximum Gasteiger partial charge on any atom is 0.251 e. The molecule has 18 heavy (non-hydrogen) atoms. The molecule has 1 aromatic heterocycles. The number of aromatic nitrogens is 4. The molecular formula is C12H15N5O. The molecule has 0 saturated heterocycles. The second-order valence-corrected chi connectivity index (χ2v) is 4.00. The molecule has 0 unspecified atom stereocenters. The highest BCUT2D eigenvalue weighted by atomic mass is 16.1. The van der Waals surface area contributed by atoms with Crippen molar-refractivity contribution in [2.75, 3.05) is 6.54 Å². The van der Waals surface area contributed by atoms with Crippen molar-refractivity contribution < 1.29 is 4.79 Å². The Bertz CT molecular complexity index is 549. The van der Waals surface area contributed by atoms with Gasteiger partial charge in [-0.05, 0) is 30.7 Å². The van der Waals surface area contributed by atoms with Gasteiger partial charge < -0.3 is 5.32 Å². The van der Waals surface area contributed by atoms with Crippen LogP contribution in [0.5, 0.6) is 0 Å². The minimum Gasteiger partial charge on any atom is -0.350 e. The van der Waals surface area contributed by atoms with E-state index in [1.165, 1.54) is 4.80 Å². The maximum atomic E-state index is 11.9. The fourth-order valence-corrected chi connectivity index (χ4v) is 1.61. The second kappa shape index (κ2) is 5.39. The van der Waals surface area contributed by atoms with Gasteiger partial charge in [0.15, 0.2) is 5.82 Å². The van der Waals surface area contributed by atoms with Crippen LogP contribution >= 0.6 is 0 Å². The summed E-state index contributed by atoms with van der Waals surface area (Å²) in [6.45, 7) is 4.67. The van der Waals surface area contributed by atoms with Gasteiger partial charge in [0.1, 0.15) is 0 Å². The van der Waals surface area contributed by atoms with E-state index >= 15 is 0 Å². The highest BCUT2D eigenvalue weighted by Gasteiger charge is 2.07. The van der Waals surface area contributed by atoms with Crippen LogP contribution in [0.25, 0.3) is 0 Å². The normalized spacial score (nSPS) is 10.3. The Morgan fingerprint density at radius 3 is 2.78 bits per heavy atom. The van der Waals surface area contributed by atoms with E-state index in [0.717, 1.165) is 5.56 Å². The molecule has 0 aliphatic rings. The summed E-state index contributed by atoms with van der Waals surface area (Å²) in [5.41, 5.74) is 1.66. The monoisotopic (exact) mass is 245 g/mol. The first-order valence-electron chi connectivity index (χ1n) is 5.75. The van der Waals surface area contributed by atoms with Crippen LogP contribution in [0.3, 0.4) is 0 Å². The average molecular weight is 245 g/mol. The van der Waals surface area contributed by atoms with E-state index in [4.69, 9.17) is 0 Å². The van der Waals surface area contributed by atoms with Gasteiger partial charge in [0.2, 0.25) is 0 Å². The molecule has 2 rings (SSSR count). The summed E-state index contributed by atoms with van der Waals surface area (Å²) in [6, 6.07) is 7.48. The predicted molar refractivity (Wildman–Crippen MR) is 66.1 cm³/mol. The fraction of sp³-hybridized carbons (Fsp3) is 0.333. The van der Waals surface area contributed by atoms with E-state index in [-0.39, 0.29) is 5.91 Å². The lowest BCUT2D eigenvalue weighted by atomic mass is 10.1. The van der Waals surface area contributed by atoms with Crippen molar-refractivity contribution in [1.82, 2.24) is 25.5 Å². The first-order valence-corrected chi connectivity index (χ1v) is 5.75. The van der Waals surface area contributed by atoms with Gasteiger partial charge in [-0.3, -0.25) is 4.79 Å². The number of hydrogen-bond donors (Lipinski definition) is 1. The minimum absolute atomic E-state index is 0.0788. The van der Waals surface area contributed by atoms with Gasteiger partial charge in [-0.1, -0.05) is 18.2 Å². The number of carbonyl (C=O) groups excluding carboxylic acids is 1. The molecule has 0 radical (unpaired) electrons. The summed E-state index contributed by atoms with van der Waals surface area (Å²) < 4.78 is 0.